The highest BCUT2D eigenvalue weighted by molar-refractivity contribution is 5.53. The molecular formula is C13H19N3O. The first-order chi connectivity index (χ1) is 8.33. The minimum absolute atomic E-state index is 0.475. The lowest BCUT2D eigenvalue weighted by atomic mass is 9.87. The number of nitrogens with zero attached hydrogens (tertiary/aromatic N) is 2. The second-order valence-corrected chi connectivity index (χ2v) is 5.13. The first kappa shape index (κ1) is 10.8. The molecule has 0 aromatic carbocycles. The predicted octanol–water partition coefficient (Wildman–Crippen LogP) is 1.28. The zero-order valence-corrected chi connectivity index (χ0v) is 10.3. The van der Waals surface area contributed by atoms with E-state index in [-0.39, 0.29) is 0 Å². The van der Waals surface area contributed by atoms with Crippen LogP contribution in [0.2, 0.25) is 0 Å². The Hall–Kier alpha value is -1.29. The molecule has 3 rings (SSSR count). The number of nitrogens with one attached hydrogen (secondary N) is 1. The van der Waals surface area contributed by atoms with Gasteiger partial charge in [0.1, 0.15) is 0 Å². The molecule has 1 unspecified atom stereocenters. The maximum Gasteiger partial charge on any atom is 0.171 e. The molecule has 0 amide bonds. The lowest BCUT2D eigenvalue weighted by Gasteiger charge is -2.24. The molecule has 0 bridgehead atoms. The van der Waals surface area contributed by atoms with Gasteiger partial charge in [-0.25, -0.2) is 4.98 Å². The minimum Gasteiger partial charge on any atom is -0.493 e. The molecule has 2 saturated heterocycles. The van der Waals surface area contributed by atoms with Gasteiger partial charge in [0.15, 0.2) is 11.6 Å². The SMILES string of the molecule is COc1cccnc1N1CCC2(CCNC2)C1. The standard InChI is InChI=1S/C13H19N3O/c1-17-11-3-2-6-15-12(11)16-8-5-13(10-16)4-7-14-9-13/h2-3,6,14H,4-5,7-10H2,1H3. The van der Waals surface area contributed by atoms with E-state index < -0.39 is 0 Å². The van der Waals surface area contributed by atoms with Crippen molar-refractivity contribution in [1.29, 1.82) is 0 Å². The van der Waals surface area contributed by atoms with Gasteiger partial charge in [-0.05, 0) is 31.5 Å². The molecule has 0 radical (unpaired) electrons. The number of hydrogen-bond donors (Lipinski definition) is 1. The molecule has 0 aliphatic carbocycles. The van der Waals surface area contributed by atoms with Gasteiger partial charge in [-0.2, -0.15) is 0 Å². The fourth-order valence-corrected chi connectivity index (χ4v) is 3.04. The quantitative estimate of drug-likeness (QED) is 0.835. The zero-order chi connectivity index (χ0) is 11.7. The van der Waals surface area contributed by atoms with Gasteiger partial charge in [0.2, 0.25) is 0 Å². The van der Waals surface area contributed by atoms with Gasteiger partial charge in [-0.1, -0.05) is 0 Å². The summed E-state index contributed by atoms with van der Waals surface area (Å²) >= 11 is 0. The van der Waals surface area contributed by atoms with Crippen LogP contribution in [0.15, 0.2) is 18.3 Å². The molecule has 2 aliphatic heterocycles. The maximum absolute atomic E-state index is 5.39. The van der Waals surface area contributed by atoms with E-state index in [9.17, 15) is 0 Å². The number of rotatable bonds is 2. The smallest absolute Gasteiger partial charge is 0.171 e. The van der Waals surface area contributed by atoms with Crippen molar-refractivity contribution < 1.29 is 4.74 Å². The summed E-state index contributed by atoms with van der Waals surface area (Å²) in [6.45, 7) is 4.51. The molecular weight excluding hydrogens is 214 g/mol. The monoisotopic (exact) mass is 233 g/mol. The van der Waals surface area contributed by atoms with E-state index in [2.05, 4.69) is 15.2 Å². The number of anilines is 1. The van der Waals surface area contributed by atoms with Gasteiger partial charge in [-0.15, -0.1) is 0 Å². The number of hydrogen-bond acceptors (Lipinski definition) is 4. The summed E-state index contributed by atoms with van der Waals surface area (Å²) in [6, 6.07) is 3.91. The minimum atomic E-state index is 0.475. The Morgan fingerprint density at radius 2 is 2.41 bits per heavy atom. The van der Waals surface area contributed by atoms with Crippen LogP contribution in [0, 0.1) is 5.41 Å². The van der Waals surface area contributed by atoms with Gasteiger partial charge < -0.3 is 15.0 Å². The van der Waals surface area contributed by atoms with Gasteiger partial charge in [-0.3, -0.25) is 0 Å². The third-order valence-corrected chi connectivity index (χ3v) is 4.04. The van der Waals surface area contributed by atoms with E-state index in [0.717, 1.165) is 37.7 Å². The van der Waals surface area contributed by atoms with Crippen LogP contribution in [0.25, 0.3) is 0 Å². The van der Waals surface area contributed by atoms with Crippen molar-refractivity contribution in [3.8, 4) is 5.75 Å². The van der Waals surface area contributed by atoms with Crippen molar-refractivity contribution in [2.75, 3.05) is 38.2 Å². The lowest BCUT2D eigenvalue weighted by Crippen LogP contribution is -2.29. The van der Waals surface area contributed by atoms with E-state index >= 15 is 0 Å². The predicted molar refractivity (Wildman–Crippen MR) is 67.5 cm³/mol. The van der Waals surface area contributed by atoms with Crippen molar-refractivity contribution >= 4 is 5.82 Å². The topological polar surface area (TPSA) is 37.4 Å². The van der Waals surface area contributed by atoms with Gasteiger partial charge in [0, 0.05) is 31.2 Å². The van der Waals surface area contributed by atoms with Crippen LogP contribution >= 0.6 is 0 Å². The number of ether oxygens (including phenoxy) is 1. The molecule has 1 spiro atoms. The van der Waals surface area contributed by atoms with Gasteiger partial charge in [0.05, 0.1) is 7.11 Å². The molecule has 1 N–H and O–H groups in total. The Morgan fingerprint density at radius 1 is 1.47 bits per heavy atom. The highest BCUT2D eigenvalue weighted by atomic mass is 16.5. The Morgan fingerprint density at radius 3 is 3.18 bits per heavy atom. The Balaban J connectivity index is 1.82. The maximum atomic E-state index is 5.39. The molecule has 4 heteroatoms. The molecule has 17 heavy (non-hydrogen) atoms. The van der Waals surface area contributed by atoms with Crippen LogP contribution in [0.4, 0.5) is 5.82 Å². The molecule has 92 valence electrons. The van der Waals surface area contributed by atoms with Crippen LogP contribution in [-0.4, -0.2) is 38.3 Å². The normalized spacial score (nSPS) is 27.9. The van der Waals surface area contributed by atoms with E-state index in [1.54, 1.807) is 7.11 Å². The second kappa shape index (κ2) is 4.18. The van der Waals surface area contributed by atoms with Crippen LogP contribution in [0.3, 0.4) is 0 Å². The number of aromatic nitrogens is 1. The first-order valence-corrected chi connectivity index (χ1v) is 6.28. The molecule has 1 aromatic heterocycles. The van der Waals surface area contributed by atoms with Crippen molar-refractivity contribution in [1.82, 2.24) is 10.3 Å². The van der Waals surface area contributed by atoms with Crippen LogP contribution in [0.5, 0.6) is 5.75 Å². The summed E-state index contributed by atoms with van der Waals surface area (Å²) in [5.74, 6) is 1.88. The van der Waals surface area contributed by atoms with Crippen LogP contribution in [-0.2, 0) is 0 Å². The molecule has 3 heterocycles. The summed E-state index contributed by atoms with van der Waals surface area (Å²) in [7, 11) is 1.71. The summed E-state index contributed by atoms with van der Waals surface area (Å²) in [6.07, 6.45) is 4.40. The van der Waals surface area contributed by atoms with Crippen molar-refractivity contribution in [3.63, 3.8) is 0 Å². The summed E-state index contributed by atoms with van der Waals surface area (Å²) in [5, 5.41) is 3.48. The summed E-state index contributed by atoms with van der Waals surface area (Å²) in [4.78, 5) is 6.83. The first-order valence-electron chi connectivity index (χ1n) is 6.28. The van der Waals surface area contributed by atoms with E-state index in [4.69, 9.17) is 4.74 Å². The zero-order valence-electron chi connectivity index (χ0n) is 10.3. The van der Waals surface area contributed by atoms with Gasteiger partial charge >= 0.3 is 0 Å². The van der Waals surface area contributed by atoms with E-state index in [1.807, 2.05) is 18.3 Å². The third kappa shape index (κ3) is 1.86. The number of methoxy groups -OCH3 is 1. The summed E-state index contributed by atoms with van der Waals surface area (Å²) < 4.78 is 5.39. The third-order valence-electron chi connectivity index (χ3n) is 4.04. The molecule has 4 nitrogen and oxygen atoms in total. The average molecular weight is 233 g/mol. The Kier molecular flexibility index (Phi) is 2.67. The number of pyridine rings is 1. The van der Waals surface area contributed by atoms with Crippen molar-refractivity contribution in [2.24, 2.45) is 5.41 Å². The van der Waals surface area contributed by atoms with Crippen molar-refractivity contribution in [3.05, 3.63) is 18.3 Å². The highest BCUT2D eigenvalue weighted by Crippen LogP contribution is 2.39. The van der Waals surface area contributed by atoms with Crippen molar-refractivity contribution in [2.45, 2.75) is 12.8 Å². The fourth-order valence-electron chi connectivity index (χ4n) is 3.04. The average Bonchev–Trinajstić information content (AvgIpc) is 3.00. The van der Waals surface area contributed by atoms with Crippen LogP contribution in [0.1, 0.15) is 12.8 Å². The Bertz CT molecular complexity index is 401. The van der Waals surface area contributed by atoms with Crippen LogP contribution < -0.4 is 15.0 Å². The largest absolute Gasteiger partial charge is 0.493 e. The Labute approximate surface area is 102 Å². The second-order valence-electron chi connectivity index (χ2n) is 5.13. The molecule has 2 fully saturated rings. The molecule has 0 saturated carbocycles. The fraction of sp³-hybridized carbons (Fsp3) is 0.615. The van der Waals surface area contributed by atoms with Gasteiger partial charge in [0.25, 0.3) is 0 Å². The van der Waals surface area contributed by atoms with E-state index in [1.165, 1.54) is 12.8 Å². The highest BCUT2D eigenvalue weighted by Gasteiger charge is 2.41. The summed E-state index contributed by atoms with van der Waals surface area (Å²) in [5.41, 5.74) is 0.475. The molecule has 1 aromatic rings. The van der Waals surface area contributed by atoms with E-state index in [0.29, 0.717) is 5.41 Å². The molecule has 1 atom stereocenters. The lowest BCUT2D eigenvalue weighted by molar-refractivity contribution is 0.368. The molecule has 2 aliphatic rings.